The molecule has 0 aromatic heterocycles. The molecular weight excluding hydrogens is 200 g/mol. The molecule has 0 aliphatic rings. The van der Waals surface area contributed by atoms with Crippen LogP contribution in [0.2, 0.25) is 0 Å². The van der Waals surface area contributed by atoms with Gasteiger partial charge < -0.3 is 9.53 Å². The number of carboxylic acids is 1. The number of rotatable bonds is 4. The Labute approximate surface area is 86.2 Å². The third kappa shape index (κ3) is 13.2. The first-order valence-corrected chi connectivity index (χ1v) is 5.48. The lowest BCUT2D eigenvalue weighted by Crippen LogP contribution is -2.12. The van der Waals surface area contributed by atoms with E-state index in [4.69, 9.17) is 9.53 Å². The Hall–Kier alpha value is -1.36. The highest BCUT2D eigenvalue weighted by Crippen LogP contribution is 1.93. The lowest BCUT2D eigenvalue weighted by molar-refractivity contribution is -0.137. The Bertz CT molecular complexity index is 211. The van der Waals surface area contributed by atoms with Crippen LogP contribution in [0.4, 0.5) is 0 Å². The van der Waals surface area contributed by atoms with Gasteiger partial charge in [0.1, 0.15) is 0 Å². The van der Waals surface area contributed by atoms with Crippen molar-refractivity contribution in [1.82, 2.24) is 0 Å². The number of hydrogen-bond donors (Lipinski definition) is 1. The lowest BCUT2D eigenvalue weighted by atomic mass is 10.2. The number of carbonyl (C=O) groups excluding carboxylic acids is 1. The Morgan fingerprint density at radius 1 is 1.43 bits per heavy atom. The first-order chi connectivity index (χ1) is 6.45. The van der Waals surface area contributed by atoms with Crippen LogP contribution in [0, 0.1) is 5.92 Å². The molecule has 0 aliphatic heterocycles. The molecule has 0 saturated heterocycles. The summed E-state index contributed by atoms with van der Waals surface area (Å²) in [7, 11) is -0.754. The summed E-state index contributed by atoms with van der Waals surface area (Å²) in [5, 5.41) is 7.60. The predicted octanol–water partition coefficient (Wildman–Crippen LogP) is 0.670. The van der Waals surface area contributed by atoms with Crippen molar-refractivity contribution >= 4 is 21.7 Å². The minimum atomic E-state index is -0.981. The van der Waals surface area contributed by atoms with E-state index in [9.17, 15) is 9.59 Å². The largest absolute Gasteiger partial charge is 0.521 e. The summed E-state index contributed by atoms with van der Waals surface area (Å²) in [4.78, 5) is 19.9. The third-order valence-corrected chi connectivity index (χ3v) is 1.68. The van der Waals surface area contributed by atoms with Crippen LogP contribution >= 0.6 is 0 Å². The molecule has 1 N–H and O–H groups in total. The van der Waals surface area contributed by atoms with E-state index in [-0.39, 0.29) is 11.9 Å². The van der Waals surface area contributed by atoms with E-state index in [1.165, 1.54) is 0 Å². The molecule has 14 heavy (non-hydrogen) atoms. The second-order valence-electron chi connectivity index (χ2n) is 2.62. The highest BCUT2D eigenvalue weighted by atomic mass is 28.2. The van der Waals surface area contributed by atoms with Crippen molar-refractivity contribution in [1.29, 1.82) is 0 Å². The normalized spacial score (nSPS) is 9.07. The van der Waals surface area contributed by atoms with Crippen molar-refractivity contribution in [2.24, 2.45) is 5.92 Å². The fourth-order valence-electron chi connectivity index (χ4n) is 0.308. The quantitative estimate of drug-likeness (QED) is 0.554. The molecule has 4 nitrogen and oxygen atoms in total. The summed E-state index contributed by atoms with van der Waals surface area (Å²) in [5.41, 5.74) is 1.69. The summed E-state index contributed by atoms with van der Waals surface area (Å²) in [6.45, 7) is 10.1. The van der Waals surface area contributed by atoms with E-state index in [1.54, 1.807) is 5.70 Å². The van der Waals surface area contributed by atoms with E-state index in [0.29, 0.717) is 0 Å². The number of carboxylic acid groups (broad SMARTS) is 1. The Morgan fingerprint density at radius 3 is 2.07 bits per heavy atom. The van der Waals surface area contributed by atoms with Gasteiger partial charge in [-0.2, -0.15) is 0 Å². The van der Waals surface area contributed by atoms with Crippen LogP contribution in [0.15, 0.2) is 24.9 Å². The standard InChI is InChI=1S/C6H12O2Si.C3H4O2/c1-4-9-8-6(7)5(2)3;1-2-3(4)5/h4-5H,1,9H2,2-3H3;2H,1H2,(H,4,5). The molecule has 0 aliphatic carbocycles. The Balaban J connectivity index is 0. The molecule has 80 valence electrons. The molecule has 0 aromatic rings. The second kappa shape index (κ2) is 9.72. The van der Waals surface area contributed by atoms with Gasteiger partial charge in [-0.3, -0.25) is 4.79 Å². The van der Waals surface area contributed by atoms with Crippen molar-refractivity contribution in [3.05, 3.63) is 24.9 Å². The first-order valence-electron chi connectivity index (χ1n) is 4.08. The van der Waals surface area contributed by atoms with Gasteiger partial charge in [-0.1, -0.05) is 26.1 Å². The molecule has 5 heteroatoms. The average Bonchev–Trinajstić information content (AvgIpc) is 2.14. The van der Waals surface area contributed by atoms with Gasteiger partial charge in [0.15, 0.2) is 0 Å². The van der Waals surface area contributed by atoms with Gasteiger partial charge in [-0.25, -0.2) is 4.79 Å². The van der Waals surface area contributed by atoms with E-state index in [0.717, 1.165) is 6.08 Å². The molecule has 0 amide bonds. The van der Waals surface area contributed by atoms with Gasteiger partial charge in [-0.05, 0) is 0 Å². The summed E-state index contributed by atoms with van der Waals surface area (Å²) in [6.07, 6.45) is 0.833. The molecule has 0 rings (SSSR count). The minimum Gasteiger partial charge on any atom is -0.521 e. The SMILES string of the molecule is C=CC(=O)O.C=C[SiH2]OC(=O)C(C)C. The van der Waals surface area contributed by atoms with Crippen LogP contribution in [0.5, 0.6) is 0 Å². The van der Waals surface area contributed by atoms with Crippen molar-refractivity contribution in [3.63, 3.8) is 0 Å². The topological polar surface area (TPSA) is 63.6 Å². The van der Waals surface area contributed by atoms with E-state index < -0.39 is 15.7 Å². The molecule has 0 unspecified atom stereocenters. The molecule has 0 saturated carbocycles. The first kappa shape index (κ1) is 15.1. The molecule has 0 fully saturated rings. The maximum absolute atomic E-state index is 10.7. The van der Waals surface area contributed by atoms with Gasteiger partial charge >= 0.3 is 5.97 Å². The van der Waals surface area contributed by atoms with Crippen molar-refractivity contribution in [2.45, 2.75) is 13.8 Å². The highest BCUT2D eigenvalue weighted by molar-refractivity contribution is 6.36. The molecule has 0 aromatic carbocycles. The van der Waals surface area contributed by atoms with Crippen molar-refractivity contribution < 1.29 is 19.1 Å². The Kier molecular flexibility index (Phi) is 10.5. The summed E-state index contributed by atoms with van der Waals surface area (Å²) < 4.78 is 4.83. The zero-order valence-electron chi connectivity index (χ0n) is 8.53. The number of aliphatic carboxylic acids is 1. The van der Waals surface area contributed by atoms with Gasteiger partial charge in [0.25, 0.3) is 5.97 Å². The molecule has 0 atom stereocenters. The van der Waals surface area contributed by atoms with Gasteiger partial charge in [0, 0.05) is 12.0 Å². The molecule has 0 heterocycles. The summed E-state index contributed by atoms with van der Waals surface area (Å²) >= 11 is 0. The zero-order valence-corrected chi connectivity index (χ0v) is 9.94. The maximum atomic E-state index is 10.7. The van der Waals surface area contributed by atoms with Gasteiger partial charge in [-0.15, -0.1) is 6.58 Å². The van der Waals surface area contributed by atoms with Crippen LogP contribution in [-0.2, 0) is 14.0 Å². The van der Waals surface area contributed by atoms with E-state index in [2.05, 4.69) is 13.2 Å². The lowest BCUT2D eigenvalue weighted by Gasteiger charge is -2.03. The van der Waals surface area contributed by atoms with Crippen LogP contribution < -0.4 is 0 Å². The summed E-state index contributed by atoms with van der Waals surface area (Å²) in [5.74, 6) is -1.09. The van der Waals surface area contributed by atoms with E-state index >= 15 is 0 Å². The van der Waals surface area contributed by atoms with Gasteiger partial charge in [0.05, 0.1) is 0 Å². The van der Waals surface area contributed by atoms with Crippen LogP contribution in [0.1, 0.15) is 13.8 Å². The molecule has 0 bridgehead atoms. The predicted molar refractivity (Wildman–Crippen MR) is 57.5 cm³/mol. The monoisotopic (exact) mass is 216 g/mol. The number of carbonyl (C=O) groups is 2. The number of hydrogen-bond acceptors (Lipinski definition) is 3. The second-order valence-corrected chi connectivity index (χ2v) is 3.82. The smallest absolute Gasteiger partial charge is 0.327 e. The van der Waals surface area contributed by atoms with Crippen LogP contribution in [0.25, 0.3) is 0 Å². The van der Waals surface area contributed by atoms with Crippen molar-refractivity contribution in [2.75, 3.05) is 0 Å². The van der Waals surface area contributed by atoms with Gasteiger partial charge in [0.2, 0.25) is 9.76 Å². The molecule has 0 spiro atoms. The maximum Gasteiger partial charge on any atom is 0.327 e. The summed E-state index contributed by atoms with van der Waals surface area (Å²) in [6, 6.07) is 0. The minimum absolute atomic E-state index is 0.00236. The molecule has 0 radical (unpaired) electrons. The zero-order chi connectivity index (χ0) is 11.6. The van der Waals surface area contributed by atoms with E-state index in [1.807, 2.05) is 13.8 Å². The fraction of sp³-hybridized carbons (Fsp3) is 0.333. The van der Waals surface area contributed by atoms with Crippen molar-refractivity contribution in [3.8, 4) is 0 Å². The highest BCUT2D eigenvalue weighted by Gasteiger charge is 2.05. The fourth-order valence-corrected chi connectivity index (χ4v) is 0.923. The van der Waals surface area contributed by atoms with Crippen LogP contribution in [0.3, 0.4) is 0 Å². The van der Waals surface area contributed by atoms with Crippen LogP contribution in [-0.4, -0.2) is 26.8 Å². The Morgan fingerprint density at radius 2 is 1.86 bits per heavy atom. The molecular formula is C9H16O4Si. The third-order valence-electron chi connectivity index (χ3n) is 0.989. The average molecular weight is 216 g/mol.